The van der Waals surface area contributed by atoms with E-state index in [-0.39, 0.29) is 23.8 Å². The van der Waals surface area contributed by atoms with Crippen molar-refractivity contribution < 1.29 is 22.7 Å². The van der Waals surface area contributed by atoms with Gasteiger partial charge in [-0.25, -0.2) is 8.42 Å². The molecule has 176 valence electrons. The molecule has 9 nitrogen and oxygen atoms in total. The number of hydrogen-bond acceptors (Lipinski definition) is 6. The second-order valence-corrected chi connectivity index (χ2v) is 10.0. The minimum absolute atomic E-state index is 0.137. The highest BCUT2D eigenvalue weighted by Gasteiger charge is 2.33. The molecule has 0 spiro atoms. The van der Waals surface area contributed by atoms with Crippen LogP contribution in [0.25, 0.3) is 0 Å². The third-order valence-corrected chi connectivity index (χ3v) is 8.04. The number of carbonyl (C=O) groups excluding carboxylic acids is 1. The van der Waals surface area contributed by atoms with Crippen molar-refractivity contribution in [3.05, 3.63) is 29.6 Å². The van der Waals surface area contributed by atoms with Gasteiger partial charge in [0.2, 0.25) is 15.9 Å². The van der Waals surface area contributed by atoms with Crippen LogP contribution < -0.4 is 14.8 Å². The van der Waals surface area contributed by atoms with Gasteiger partial charge in [-0.05, 0) is 44.7 Å². The molecule has 0 aliphatic carbocycles. The number of sulfonamides is 1. The van der Waals surface area contributed by atoms with Crippen molar-refractivity contribution in [2.75, 3.05) is 32.6 Å². The second kappa shape index (κ2) is 9.91. The zero-order valence-corrected chi connectivity index (χ0v) is 20.2. The normalized spacial score (nSPS) is 15.5. The van der Waals surface area contributed by atoms with E-state index < -0.39 is 10.0 Å². The Morgan fingerprint density at radius 3 is 2.50 bits per heavy atom. The zero-order valence-electron chi connectivity index (χ0n) is 19.3. The molecular formula is C22H32N4O5S. The predicted molar refractivity (Wildman–Crippen MR) is 122 cm³/mol. The maximum Gasteiger partial charge on any atom is 0.246 e. The molecule has 1 N–H and O–H groups in total. The molecule has 10 heteroatoms. The Balaban J connectivity index is 1.70. The average molecular weight is 465 g/mol. The van der Waals surface area contributed by atoms with Crippen LogP contribution in [-0.4, -0.2) is 55.7 Å². The number of aryl methyl sites for hydroxylation is 2. The smallest absolute Gasteiger partial charge is 0.246 e. The van der Waals surface area contributed by atoms with Crippen LogP contribution >= 0.6 is 0 Å². The van der Waals surface area contributed by atoms with Gasteiger partial charge in [0.15, 0.2) is 0 Å². The fourth-order valence-electron chi connectivity index (χ4n) is 3.95. The molecule has 1 saturated heterocycles. The summed E-state index contributed by atoms with van der Waals surface area (Å²) < 4.78 is 40.1. The van der Waals surface area contributed by atoms with Crippen LogP contribution in [0.4, 0.5) is 5.69 Å². The van der Waals surface area contributed by atoms with Crippen LogP contribution in [0.5, 0.6) is 11.5 Å². The summed E-state index contributed by atoms with van der Waals surface area (Å²) in [5, 5.41) is 7.23. The number of benzene rings is 1. The summed E-state index contributed by atoms with van der Waals surface area (Å²) in [5.74, 6) is 1.43. The zero-order chi connectivity index (χ0) is 23.5. The standard InChI is InChI=1S/C22H32N4O5S/c1-15-8-11-25(12-9-15)32(28,29)22-16(2)24-26(17(22)3)13-10-21(27)23-19-7-6-18(30-4)14-20(19)31-5/h6-7,14-15H,8-13H2,1-5H3,(H,23,27). The number of carbonyl (C=O) groups is 1. The molecule has 0 radical (unpaired) electrons. The number of piperidine rings is 1. The van der Waals surface area contributed by atoms with Gasteiger partial charge in [-0.2, -0.15) is 9.40 Å². The number of amides is 1. The van der Waals surface area contributed by atoms with Gasteiger partial charge >= 0.3 is 0 Å². The highest BCUT2D eigenvalue weighted by Crippen LogP contribution is 2.30. The van der Waals surface area contributed by atoms with E-state index in [1.807, 2.05) is 0 Å². The number of hydrogen-bond donors (Lipinski definition) is 1. The Kier molecular flexibility index (Phi) is 7.45. The van der Waals surface area contributed by atoms with E-state index in [0.29, 0.717) is 47.6 Å². The number of anilines is 1. The van der Waals surface area contributed by atoms with Crippen LogP contribution in [0.1, 0.15) is 37.6 Å². The largest absolute Gasteiger partial charge is 0.497 e. The molecule has 0 saturated carbocycles. The molecular weight excluding hydrogens is 432 g/mol. The number of aromatic nitrogens is 2. The molecule has 0 bridgehead atoms. The van der Waals surface area contributed by atoms with Crippen LogP contribution in [0.3, 0.4) is 0 Å². The highest BCUT2D eigenvalue weighted by atomic mass is 32.2. The van der Waals surface area contributed by atoms with Crippen molar-refractivity contribution in [1.82, 2.24) is 14.1 Å². The van der Waals surface area contributed by atoms with E-state index in [4.69, 9.17) is 9.47 Å². The van der Waals surface area contributed by atoms with Gasteiger partial charge < -0.3 is 14.8 Å². The van der Waals surface area contributed by atoms with Crippen molar-refractivity contribution in [1.29, 1.82) is 0 Å². The fraction of sp³-hybridized carbons (Fsp3) is 0.545. The summed E-state index contributed by atoms with van der Waals surface area (Å²) in [4.78, 5) is 12.8. The molecule has 3 rings (SSSR count). The number of nitrogens with one attached hydrogen (secondary N) is 1. The second-order valence-electron chi connectivity index (χ2n) is 8.17. The van der Waals surface area contributed by atoms with Crippen molar-refractivity contribution in [3.8, 4) is 11.5 Å². The van der Waals surface area contributed by atoms with E-state index >= 15 is 0 Å². The quantitative estimate of drug-likeness (QED) is 0.644. The molecule has 1 aliphatic rings. The first kappa shape index (κ1) is 24.1. The lowest BCUT2D eigenvalue weighted by Crippen LogP contribution is -2.38. The summed E-state index contributed by atoms with van der Waals surface area (Å²) in [7, 11) is -0.531. The van der Waals surface area contributed by atoms with E-state index in [9.17, 15) is 13.2 Å². The summed E-state index contributed by atoms with van der Waals surface area (Å²) in [6.07, 6.45) is 1.86. The van der Waals surface area contributed by atoms with Crippen LogP contribution in [-0.2, 0) is 21.4 Å². The lowest BCUT2D eigenvalue weighted by Gasteiger charge is -2.29. The lowest BCUT2D eigenvalue weighted by molar-refractivity contribution is -0.116. The third kappa shape index (κ3) is 5.07. The fourth-order valence-corrected chi connectivity index (χ4v) is 5.79. The third-order valence-electron chi connectivity index (χ3n) is 5.89. The summed E-state index contributed by atoms with van der Waals surface area (Å²) in [5.41, 5.74) is 1.54. The first-order valence-corrected chi connectivity index (χ1v) is 12.2. The van der Waals surface area contributed by atoms with Crippen molar-refractivity contribution in [2.45, 2.75) is 51.5 Å². The molecule has 1 fully saturated rings. The monoisotopic (exact) mass is 464 g/mol. The Morgan fingerprint density at radius 1 is 1.19 bits per heavy atom. The van der Waals surface area contributed by atoms with Gasteiger partial charge in [-0.3, -0.25) is 9.48 Å². The maximum atomic E-state index is 13.2. The molecule has 0 atom stereocenters. The van der Waals surface area contributed by atoms with Gasteiger partial charge in [-0.1, -0.05) is 6.92 Å². The van der Waals surface area contributed by atoms with Crippen molar-refractivity contribution in [3.63, 3.8) is 0 Å². The van der Waals surface area contributed by atoms with E-state index in [1.165, 1.54) is 7.11 Å². The van der Waals surface area contributed by atoms with E-state index in [2.05, 4.69) is 17.3 Å². The van der Waals surface area contributed by atoms with E-state index in [1.54, 1.807) is 48.1 Å². The topological polar surface area (TPSA) is 103 Å². The van der Waals surface area contributed by atoms with Crippen molar-refractivity contribution >= 4 is 21.6 Å². The van der Waals surface area contributed by atoms with Gasteiger partial charge in [0.1, 0.15) is 16.4 Å². The number of nitrogens with zero attached hydrogens (tertiary/aromatic N) is 3. The first-order chi connectivity index (χ1) is 15.2. The lowest BCUT2D eigenvalue weighted by atomic mass is 10.0. The minimum atomic E-state index is -3.61. The van der Waals surface area contributed by atoms with Crippen LogP contribution in [0, 0.1) is 19.8 Å². The Morgan fingerprint density at radius 2 is 1.88 bits per heavy atom. The summed E-state index contributed by atoms with van der Waals surface area (Å²) >= 11 is 0. The van der Waals surface area contributed by atoms with Gasteiger partial charge in [0, 0.05) is 25.6 Å². The molecule has 2 aromatic rings. The summed E-state index contributed by atoms with van der Waals surface area (Å²) in [6.45, 7) is 6.91. The molecule has 32 heavy (non-hydrogen) atoms. The SMILES string of the molecule is COc1ccc(NC(=O)CCn2nc(C)c(S(=O)(=O)N3CCC(C)CC3)c2C)c(OC)c1. The van der Waals surface area contributed by atoms with Crippen LogP contribution in [0.2, 0.25) is 0 Å². The molecule has 1 aromatic heterocycles. The Bertz CT molecular complexity index is 1070. The average Bonchev–Trinajstić information content (AvgIpc) is 3.06. The minimum Gasteiger partial charge on any atom is -0.497 e. The molecule has 2 heterocycles. The number of rotatable bonds is 8. The Labute approximate surface area is 189 Å². The Hall–Kier alpha value is -2.59. The maximum absolute atomic E-state index is 13.2. The van der Waals surface area contributed by atoms with Crippen LogP contribution in [0.15, 0.2) is 23.1 Å². The van der Waals surface area contributed by atoms with Gasteiger partial charge in [0.05, 0.1) is 37.8 Å². The van der Waals surface area contributed by atoms with Gasteiger partial charge in [-0.15, -0.1) is 0 Å². The highest BCUT2D eigenvalue weighted by molar-refractivity contribution is 7.89. The molecule has 1 amide bonds. The summed E-state index contributed by atoms with van der Waals surface area (Å²) in [6, 6.07) is 5.13. The van der Waals surface area contributed by atoms with E-state index in [0.717, 1.165) is 12.8 Å². The number of methoxy groups -OCH3 is 2. The molecule has 1 aromatic carbocycles. The molecule has 1 aliphatic heterocycles. The molecule has 0 unspecified atom stereocenters. The predicted octanol–water partition coefficient (Wildman–Crippen LogP) is 2.97. The number of ether oxygens (including phenoxy) is 2. The first-order valence-electron chi connectivity index (χ1n) is 10.7. The van der Waals surface area contributed by atoms with Gasteiger partial charge in [0.25, 0.3) is 0 Å². The van der Waals surface area contributed by atoms with Crippen molar-refractivity contribution in [2.24, 2.45) is 5.92 Å².